The molecule has 5 heteroatoms. The van der Waals surface area contributed by atoms with Crippen LogP contribution in [0.1, 0.15) is 29.8 Å². The number of rotatable bonds is 3. The van der Waals surface area contributed by atoms with Crippen LogP contribution in [-0.4, -0.2) is 36.1 Å². The maximum Gasteiger partial charge on any atom is 0.265 e. The van der Waals surface area contributed by atoms with Gasteiger partial charge in [0.25, 0.3) is 5.91 Å². The molecule has 1 aromatic carbocycles. The van der Waals surface area contributed by atoms with Crippen molar-refractivity contribution in [2.24, 2.45) is 5.84 Å². The lowest BCUT2D eigenvalue weighted by Gasteiger charge is -2.38. The summed E-state index contributed by atoms with van der Waals surface area (Å²) in [6.07, 6.45) is 0. The van der Waals surface area contributed by atoms with Gasteiger partial charge in [-0.15, -0.1) is 0 Å². The fourth-order valence-corrected chi connectivity index (χ4v) is 2.45. The van der Waals surface area contributed by atoms with E-state index >= 15 is 0 Å². The van der Waals surface area contributed by atoms with E-state index in [2.05, 4.69) is 24.2 Å². The van der Waals surface area contributed by atoms with Crippen molar-refractivity contribution in [3.05, 3.63) is 35.4 Å². The maximum absolute atomic E-state index is 11.7. The Morgan fingerprint density at radius 1 is 1.47 bits per heavy atom. The number of carbonyl (C=O) groups excluding carboxylic acids is 1. The molecule has 1 aliphatic heterocycles. The number of hydrogen-bond acceptors (Lipinski definition) is 4. The fraction of sp³-hybridized carbons (Fsp3) is 0.500. The Morgan fingerprint density at radius 2 is 2.21 bits per heavy atom. The number of nitrogens with two attached hydrogens (primary N) is 1. The van der Waals surface area contributed by atoms with Crippen molar-refractivity contribution in [1.29, 1.82) is 0 Å². The van der Waals surface area contributed by atoms with Crippen LogP contribution in [0.5, 0.6) is 0 Å². The Morgan fingerprint density at radius 3 is 2.89 bits per heavy atom. The van der Waals surface area contributed by atoms with Crippen molar-refractivity contribution in [2.45, 2.75) is 26.0 Å². The number of benzene rings is 1. The molecule has 1 aliphatic rings. The average Bonchev–Trinajstić information content (AvgIpc) is 2.37. The fourth-order valence-electron chi connectivity index (χ4n) is 2.45. The number of hydrazine groups is 1. The number of nitrogen functional groups attached to an aromatic ring is 1. The van der Waals surface area contributed by atoms with Crippen molar-refractivity contribution in [2.75, 3.05) is 19.7 Å². The van der Waals surface area contributed by atoms with Crippen molar-refractivity contribution in [3.8, 4) is 0 Å². The molecule has 0 bridgehead atoms. The summed E-state index contributed by atoms with van der Waals surface area (Å²) in [7, 11) is 0. The molecule has 1 amide bonds. The van der Waals surface area contributed by atoms with Gasteiger partial charge in [-0.2, -0.15) is 0 Å². The highest BCUT2D eigenvalue weighted by Crippen LogP contribution is 2.19. The number of nitrogens with zero attached hydrogens (tertiary/aromatic N) is 1. The number of morpholine rings is 1. The lowest BCUT2D eigenvalue weighted by Crippen LogP contribution is -2.47. The first-order valence-corrected chi connectivity index (χ1v) is 6.47. The smallest absolute Gasteiger partial charge is 0.265 e. The third kappa shape index (κ3) is 3.53. The van der Waals surface area contributed by atoms with E-state index in [-0.39, 0.29) is 11.5 Å². The van der Waals surface area contributed by atoms with E-state index in [0.717, 1.165) is 31.8 Å². The number of hydrogen-bond donors (Lipinski definition) is 2. The zero-order chi connectivity index (χ0) is 13.9. The number of amides is 1. The molecule has 0 radical (unpaired) electrons. The van der Waals surface area contributed by atoms with Crippen molar-refractivity contribution in [1.82, 2.24) is 10.3 Å². The summed E-state index contributed by atoms with van der Waals surface area (Å²) in [6.45, 7) is 7.34. The predicted octanol–water partition coefficient (Wildman–Crippen LogP) is 0.901. The summed E-state index contributed by atoms with van der Waals surface area (Å²) >= 11 is 0. The van der Waals surface area contributed by atoms with E-state index in [0.29, 0.717) is 5.56 Å². The van der Waals surface area contributed by atoms with Crippen LogP contribution in [0.2, 0.25) is 0 Å². The minimum Gasteiger partial charge on any atom is -0.373 e. The second-order valence-electron chi connectivity index (χ2n) is 5.45. The molecule has 1 saturated heterocycles. The van der Waals surface area contributed by atoms with Crippen LogP contribution in [0.4, 0.5) is 0 Å². The molecular formula is C14H21N3O2. The Bertz CT molecular complexity index is 460. The lowest BCUT2D eigenvalue weighted by atomic mass is 10.0. The summed E-state index contributed by atoms with van der Waals surface area (Å²) in [5, 5.41) is 0. The van der Waals surface area contributed by atoms with Crippen molar-refractivity contribution in [3.63, 3.8) is 0 Å². The minimum absolute atomic E-state index is 0.136. The molecule has 0 aromatic heterocycles. The van der Waals surface area contributed by atoms with Gasteiger partial charge >= 0.3 is 0 Å². The minimum atomic E-state index is -0.247. The van der Waals surface area contributed by atoms with Crippen LogP contribution >= 0.6 is 0 Å². The van der Waals surface area contributed by atoms with Crippen LogP contribution in [0.15, 0.2) is 24.3 Å². The van der Waals surface area contributed by atoms with Crippen LogP contribution < -0.4 is 11.3 Å². The molecule has 2 rings (SSSR count). The van der Waals surface area contributed by atoms with Gasteiger partial charge in [0.05, 0.1) is 12.2 Å². The molecule has 0 saturated carbocycles. The second-order valence-corrected chi connectivity index (χ2v) is 5.45. The number of nitrogens with one attached hydrogen (secondary N) is 1. The first-order chi connectivity index (χ1) is 9.02. The summed E-state index contributed by atoms with van der Waals surface area (Å²) in [5.41, 5.74) is 3.68. The molecule has 0 aliphatic carbocycles. The van der Waals surface area contributed by atoms with E-state index in [1.807, 2.05) is 18.2 Å². The van der Waals surface area contributed by atoms with Gasteiger partial charge in [-0.25, -0.2) is 5.84 Å². The number of carbonyl (C=O) groups is 1. The Balaban J connectivity index is 2.13. The molecule has 104 valence electrons. The molecule has 5 nitrogen and oxygen atoms in total. The average molecular weight is 263 g/mol. The molecule has 19 heavy (non-hydrogen) atoms. The molecule has 0 spiro atoms. The monoisotopic (exact) mass is 263 g/mol. The van der Waals surface area contributed by atoms with Crippen molar-refractivity contribution < 1.29 is 9.53 Å². The highest BCUT2D eigenvalue weighted by molar-refractivity contribution is 5.95. The van der Waals surface area contributed by atoms with Gasteiger partial charge in [0.2, 0.25) is 0 Å². The third-order valence-corrected chi connectivity index (χ3v) is 3.29. The largest absolute Gasteiger partial charge is 0.373 e. The standard InChI is InChI=1S/C14H21N3O2/c1-14(2)10-17(7-8-19-14)9-11-5-3-4-6-12(11)13(18)16-15/h3-6H,7-10,15H2,1-2H3,(H,16,18). The Labute approximate surface area is 113 Å². The molecule has 3 N–H and O–H groups in total. The summed E-state index contributed by atoms with van der Waals surface area (Å²) in [5.74, 6) is 4.97. The van der Waals surface area contributed by atoms with Crippen LogP contribution in [0, 0.1) is 0 Å². The highest BCUT2D eigenvalue weighted by Gasteiger charge is 2.27. The van der Waals surface area contributed by atoms with Gasteiger partial charge in [0.1, 0.15) is 0 Å². The summed E-state index contributed by atoms with van der Waals surface area (Å²) < 4.78 is 5.69. The van der Waals surface area contributed by atoms with E-state index in [1.165, 1.54) is 0 Å². The first-order valence-electron chi connectivity index (χ1n) is 6.47. The van der Waals surface area contributed by atoms with Gasteiger partial charge in [0, 0.05) is 25.2 Å². The second kappa shape index (κ2) is 5.69. The molecule has 1 fully saturated rings. The van der Waals surface area contributed by atoms with Gasteiger partial charge < -0.3 is 4.74 Å². The van der Waals surface area contributed by atoms with Gasteiger partial charge in [0.15, 0.2) is 0 Å². The summed E-state index contributed by atoms with van der Waals surface area (Å²) in [4.78, 5) is 14.0. The normalized spacial score (nSPS) is 19.1. The van der Waals surface area contributed by atoms with E-state index in [4.69, 9.17) is 10.6 Å². The van der Waals surface area contributed by atoms with Crippen LogP contribution in [-0.2, 0) is 11.3 Å². The maximum atomic E-state index is 11.7. The third-order valence-electron chi connectivity index (χ3n) is 3.29. The van der Waals surface area contributed by atoms with E-state index < -0.39 is 0 Å². The van der Waals surface area contributed by atoms with Crippen LogP contribution in [0.25, 0.3) is 0 Å². The van der Waals surface area contributed by atoms with E-state index in [1.54, 1.807) is 6.07 Å². The van der Waals surface area contributed by atoms with Gasteiger partial charge in [-0.3, -0.25) is 15.1 Å². The topological polar surface area (TPSA) is 67.6 Å². The van der Waals surface area contributed by atoms with E-state index in [9.17, 15) is 4.79 Å². The molecule has 1 aromatic rings. The Kier molecular flexibility index (Phi) is 4.19. The highest BCUT2D eigenvalue weighted by atomic mass is 16.5. The SMILES string of the molecule is CC1(C)CN(Cc2ccccc2C(=O)NN)CCO1. The molecular weight excluding hydrogens is 242 g/mol. The zero-order valence-corrected chi connectivity index (χ0v) is 11.5. The Hall–Kier alpha value is -1.43. The van der Waals surface area contributed by atoms with Gasteiger partial charge in [-0.05, 0) is 25.5 Å². The molecule has 0 atom stereocenters. The molecule has 0 unspecified atom stereocenters. The summed E-state index contributed by atoms with van der Waals surface area (Å²) in [6, 6.07) is 7.54. The van der Waals surface area contributed by atoms with Crippen LogP contribution in [0.3, 0.4) is 0 Å². The lowest BCUT2D eigenvalue weighted by molar-refractivity contribution is -0.0882. The van der Waals surface area contributed by atoms with Crippen molar-refractivity contribution >= 4 is 5.91 Å². The van der Waals surface area contributed by atoms with Gasteiger partial charge in [-0.1, -0.05) is 18.2 Å². The quantitative estimate of drug-likeness (QED) is 0.483. The number of ether oxygens (including phenoxy) is 1. The predicted molar refractivity (Wildman–Crippen MR) is 73.4 cm³/mol. The zero-order valence-electron chi connectivity index (χ0n) is 11.5. The molecule has 1 heterocycles. The first kappa shape index (κ1) is 14.0.